The second kappa shape index (κ2) is 6.46. The minimum absolute atomic E-state index is 0.0323. The average molecular weight is 367 g/mol. The van der Waals surface area contributed by atoms with Gasteiger partial charge in [-0.1, -0.05) is 36.4 Å². The fraction of sp³-hybridized carbons (Fsp3) is 0.0870. The summed E-state index contributed by atoms with van der Waals surface area (Å²) in [5.41, 5.74) is 6.56. The molecule has 0 fully saturated rings. The molecule has 136 valence electrons. The highest BCUT2D eigenvalue weighted by molar-refractivity contribution is 5.99. The zero-order valence-electron chi connectivity index (χ0n) is 15.1. The van der Waals surface area contributed by atoms with Crippen molar-refractivity contribution in [1.82, 2.24) is 9.55 Å². The third-order valence-electron chi connectivity index (χ3n) is 5.08. The Morgan fingerprint density at radius 3 is 2.71 bits per heavy atom. The van der Waals surface area contributed by atoms with Crippen LogP contribution in [0.5, 0.6) is 0 Å². The average Bonchev–Trinajstić information content (AvgIpc) is 3.09. The van der Waals surface area contributed by atoms with Crippen molar-refractivity contribution >= 4 is 22.6 Å². The van der Waals surface area contributed by atoms with E-state index in [0.717, 1.165) is 39.0 Å². The molecule has 0 radical (unpaired) electrons. The highest BCUT2D eigenvalue weighted by atomic mass is 16.1. The number of fused-ring (bicyclic) bond motifs is 2. The maximum Gasteiger partial charge on any atom is 0.269 e. The van der Waals surface area contributed by atoms with Crippen molar-refractivity contribution in [3.63, 3.8) is 0 Å². The third-order valence-corrected chi connectivity index (χ3v) is 5.08. The Labute approximate surface area is 161 Å². The number of amides is 1. The van der Waals surface area contributed by atoms with E-state index in [2.05, 4.69) is 22.4 Å². The molecule has 0 saturated carbocycles. The SMILES string of the molecule is O=C1Cc2cc(-c3cccc(Cn4c(=O)cnc5ccccc54)c3)ccc2N1. The molecule has 0 bridgehead atoms. The van der Waals surface area contributed by atoms with Crippen molar-refractivity contribution in [2.45, 2.75) is 13.0 Å². The Balaban J connectivity index is 1.53. The van der Waals surface area contributed by atoms with Crippen molar-refractivity contribution in [2.24, 2.45) is 0 Å². The van der Waals surface area contributed by atoms with Gasteiger partial charge in [0, 0.05) is 5.69 Å². The zero-order chi connectivity index (χ0) is 19.1. The monoisotopic (exact) mass is 367 g/mol. The van der Waals surface area contributed by atoms with Gasteiger partial charge in [0.1, 0.15) is 0 Å². The van der Waals surface area contributed by atoms with Gasteiger partial charge in [0.05, 0.1) is 30.2 Å². The molecule has 2 heterocycles. The summed E-state index contributed by atoms with van der Waals surface area (Å²) < 4.78 is 1.74. The van der Waals surface area contributed by atoms with Gasteiger partial charge in [-0.25, -0.2) is 4.98 Å². The van der Waals surface area contributed by atoms with Gasteiger partial charge in [-0.05, 0) is 52.6 Å². The summed E-state index contributed by atoms with van der Waals surface area (Å²) in [5.74, 6) is 0.0323. The molecule has 5 rings (SSSR count). The van der Waals surface area contributed by atoms with Gasteiger partial charge in [-0.2, -0.15) is 0 Å². The number of carbonyl (C=O) groups is 1. The molecular formula is C23H17N3O2. The number of para-hydroxylation sites is 2. The normalized spacial score (nSPS) is 12.8. The molecule has 5 nitrogen and oxygen atoms in total. The first-order valence-electron chi connectivity index (χ1n) is 9.14. The van der Waals surface area contributed by atoms with E-state index in [4.69, 9.17) is 0 Å². The lowest BCUT2D eigenvalue weighted by atomic mass is 10.00. The van der Waals surface area contributed by atoms with E-state index in [1.807, 2.05) is 54.6 Å². The fourth-order valence-electron chi connectivity index (χ4n) is 3.72. The molecule has 0 unspecified atom stereocenters. The number of hydrogen-bond donors (Lipinski definition) is 1. The Kier molecular flexibility index (Phi) is 3.79. The van der Waals surface area contributed by atoms with E-state index < -0.39 is 0 Å². The fourth-order valence-corrected chi connectivity index (χ4v) is 3.72. The number of aromatic nitrogens is 2. The van der Waals surface area contributed by atoms with E-state index in [-0.39, 0.29) is 11.5 Å². The summed E-state index contributed by atoms with van der Waals surface area (Å²) in [4.78, 5) is 28.2. The van der Waals surface area contributed by atoms with Crippen molar-refractivity contribution in [3.05, 3.63) is 94.4 Å². The molecule has 0 aliphatic carbocycles. The van der Waals surface area contributed by atoms with E-state index in [1.54, 1.807) is 4.57 Å². The molecule has 28 heavy (non-hydrogen) atoms. The van der Waals surface area contributed by atoms with Crippen LogP contribution in [0.25, 0.3) is 22.2 Å². The molecule has 3 aromatic carbocycles. The molecule has 1 aliphatic rings. The molecular weight excluding hydrogens is 350 g/mol. The number of benzene rings is 3. The van der Waals surface area contributed by atoms with Crippen LogP contribution in [0.3, 0.4) is 0 Å². The molecule has 5 heteroatoms. The highest BCUT2D eigenvalue weighted by Crippen LogP contribution is 2.29. The molecule has 4 aromatic rings. The molecule has 1 aromatic heterocycles. The van der Waals surface area contributed by atoms with E-state index in [1.165, 1.54) is 6.20 Å². The molecule has 0 atom stereocenters. The number of rotatable bonds is 3. The first-order valence-corrected chi connectivity index (χ1v) is 9.14. The van der Waals surface area contributed by atoms with Crippen LogP contribution < -0.4 is 10.9 Å². The number of anilines is 1. The molecule has 1 amide bonds. The summed E-state index contributed by atoms with van der Waals surface area (Å²) in [6.07, 6.45) is 1.79. The van der Waals surface area contributed by atoms with Crippen LogP contribution in [-0.4, -0.2) is 15.5 Å². The maximum absolute atomic E-state index is 12.4. The predicted octanol–water partition coefficient (Wildman–Crippen LogP) is 3.61. The molecule has 0 spiro atoms. The van der Waals surface area contributed by atoms with Crippen molar-refractivity contribution in [2.75, 3.05) is 5.32 Å². The van der Waals surface area contributed by atoms with Gasteiger partial charge in [0.2, 0.25) is 5.91 Å². The minimum Gasteiger partial charge on any atom is -0.326 e. The van der Waals surface area contributed by atoms with Crippen LogP contribution in [0.2, 0.25) is 0 Å². The Bertz CT molecular complexity index is 1290. The van der Waals surface area contributed by atoms with Crippen LogP contribution in [-0.2, 0) is 17.8 Å². The minimum atomic E-state index is -0.119. The summed E-state index contributed by atoms with van der Waals surface area (Å²) >= 11 is 0. The van der Waals surface area contributed by atoms with Crippen LogP contribution in [0.1, 0.15) is 11.1 Å². The van der Waals surface area contributed by atoms with Crippen LogP contribution in [0, 0.1) is 0 Å². The lowest BCUT2D eigenvalue weighted by Crippen LogP contribution is -2.21. The number of hydrogen-bond acceptors (Lipinski definition) is 3. The Hall–Kier alpha value is -3.73. The summed E-state index contributed by atoms with van der Waals surface area (Å²) in [7, 11) is 0. The number of carbonyl (C=O) groups excluding carboxylic acids is 1. The number of nitrogens with one attached hydrogen (secondary N) is 1. The quantitative estimate of drug-likeness (QED) is 0.602. The van der Waals surface area contributed by atoms with Crippen LogP contribution >= 0.6 is 0 Å². The highest BCUT2D eigenvalue weighted by Gasteiger charge is 2.17. The second-order valence-corrected chi connectivity index (χ2v) is 6.97. The third kappa shape index (κ3) is 2.87. The predicted molar refractivity (Wildman–Crippen MR) is 109 cm³/mol. The van der Waals surface area contributed by atoms with Gasteiger partial charge in [-0.3, -0.25) is 9.59 Å². The van der Waals surface area contributed by atoms with E-state index in [9.17, 15) is 9.59 Å². The topological polar surface area (TPSA) is 64.0 Å². The van der Waals surface area contributed by atoms with Crippen molar-refractivity contribution in [3.8, 4) is 11.1 Å². The van der Waals surface area contributed by atoms with Gasteiger partial charge in [0.25, 0.3) is 5.56 Å². The van der Waals surface area contributed by atoms with Crippen LogP contribution in [0.4, 0.5) is 5.69 Å². The first-order chi connectivity index (χ1) is 13.7. The molecule has 1 N–H and O–H groups in total. The van der Waals surface area contributed by atoms with Gasteiger partial charge < -0.3 is 9.88 Å². The Morgan fingerprint density at radius 1 is 0.929 bits per heavy atom. The lowest BCUT2D eigenvalue weighted by molar-refractivity contribution is -0.115. The summed E-state index contributed by atoms with van der Waals surface area (Å²) in [5, 5.41) is 2.86. The van der Waals surface area contributed by atoms with Gasteiger partial charge >= 0.3 is 0 Å². The summed E-state index contributed by atoms with van der Waals surface area (Å²) in [6.45, 7) is 0.473. The smallest absolute Gasteiger partial charge is 0.269 e. The largest absolute Gasteiger partial charge is 0.326 e. The van der Waals surface area contributed by atoms with Gasteiger partial charge in [-0.15, -0.1) is 0 Å². The number of nitrogens with zero attached hydrogens (tertiary/aromatic N) is 2. The van der Waals surface area contributed by atoms with E-state index >= 15 is 0 Å². The lowest BCUT2D eigenvalue weighted by Gasteiger charge is -2.11. The first kappa shape index (κ1) is 16.4. The molecule has 1 aliphatic heterocycles. The van der Waals surface area contributed by atoms with E-state index in [0.29, 0.717) is 13.0 Å². The molecule has 0 saturated heterocycles. The summed E-state index contributed by atoms with van der Waals surface area (Å²) in [6, 6.07) is 21.8. The van der Waals surface area contributed by atoms with Crippen molar-refractivity contribution in [1.29, 1.82) is 0 Å². The Morgan fingerprint density at radius 2 is 1.79 bits per heavy atom. The second-order valence-electron chi connectivity index (χ2n) is 6.97. The van der Waals surface area contributed by atoms with Crippen LogP contribution in [0.15, 0.2) is 77.7 Å². The zero-order valence-corrected chi connectivity index (χ0v) is 15.1. The standard InChI is InChI=1S/C23H17N3O2/c27-22-12-18-11-17(8-9-19(18)25-22)16-5-3-4-15(10-16)14-26-21-7-2-1-6-20(21)24-13-23(26)28/h1-11,13H,12,14H2,(H,25,27). The van der Waals surface area contributed by atoms with Gasteiger partial charge in [0.15, 0.2) is 0 Å². The maximum atomic E-state index is 12.4. The van der Waals surface area contributed by atoms with Crippen molar-refractivity contribution < 1.29 is 4.79 Å².